The van der Waals surface area contributed by atoms with Gasteiger partial charge in [0.1, 0.15) is 5.15 Å². The van der Waals surface area contributed by atoms with E-state index in [1.165, 1.54) is 0 Å². The predicted octanol–water partition coefficient (Wildman–Crippen LogP) is 2.97. The molecular formula is C14H21ClN2O2. The summed E-state index contributed by atoms with van der Waals surface area (Å²) in [5.41, 5.74) is 1.42. The second-order valence-electron chi connectivity index (χ2n) is 4.83. The highest BCUT2D eigenvalue weighted by molar-refractivity contribution is 6.29. The minimum Gasteiger partial charge on any atom is -0.385 e. The Kier molecular flexibility index (Phi) is 6.25. The molecule has 0 bridgehead atoms. The van der Waals surface area contributed by atoms with E-state index in [0.29, 0.717) is 23.9 Å². The van der Waals surface area contributed by atoms with Gasteiger partial charge in [0.25, 0.3) is 5.91 Å². The summed E-state index contributed by atoms with van der Waals surface area (Å²) in [6, 6.07) is 3.42. The summed E-state index contributed by atoms with van der Waals surface area (Å²) < 4.78 is 4.98. The quantitative estimate of drug-likeness (QED) is 0.596. The Balaban J connectivity index is 2.81. The zero-order chi connectivity index (χ0) is 14.4. The molecular weight excluding hydrogens is 264 g/mol. The van der Waals surface area contributed by atoms with Crippen molar-refractivity contribution in [1.29, 1.82) is 0 Å². The monoisotopic (exact) mass is 284 g/mol. The highest BCUT2D eigenvalue weighted by Crippen LogP contribution is 2.18. The number of amides is 1. The van der Waals surface area contributed by atoms with Gasteiger partial charge in [-0.25, -0.2) is 4.98 Å². The smallest absolute Gasteiger partial charge is 0.253 e. The van der Waals surface area contributed by atoms with Crippen LogP contribution >= 0.6 is 11.6 Å². The maximum atomic E-state index is 12.3. The Bertz CT molecular complexity index is 435. The second-order valence-corrected chi connectivity index (χ2v) is 5.22. The van der Waals surface area contributed by atoms with Crippen molar-refractivity contribution in [2.24, 2.45) is 0 Å². The molecule has 1 heterocycles. The van der Waals surface area contributed by atoms with Crippen molar-refractivity contribution in [3.63, 3.8) is 0 Å². The summed E-state index contributed by atoms with van der Waals surface area (Å²) in [5, 5.41) is 0.361. The van der Waals surface area contributed by atoms with Crippen molar-refractivity contribution in [2.45, 2.75) is 26.2 Å². The molecule has 1 aromatic rings. The Morgan fingerprint density at radius 1 is 1.47 bits per heavy atom. The molecule has 0 aliphatic rings. The molecule has 0 aliphatic heterocycles. The van der Waals surface area contributed by atoms with Gasteiger partial charge >= 0.3 is 0 Å². The molecule has 5 heteroatoms. The molecule has 19 heavy (non-hydrogen) atoms. The number of ether oxygens (including phenoxy) is 1. The maximum Gasteiger partial charge on any atom is 0.253 e. The van der Waals surface area contributed by atoms with Gasteiger partial charge in [-0.15, -0.1) is 0 Å². The number of hydrogen-bond donors (Lipinski definition) is 0. The molecule has 0 unspecified atom stereocenters. The first-order valence-electron chi connectivity index (χ1n) is 6.37. The van der Waals surface area contributed by atoms with Crippen LogP contribution in [0.2, 0.25) is 5.15 Å². The van der Waals surface area contributed by atoms with Crippen molar-refractivity contribution in [3.8, 4) is 0 Å². The van der Waals surface area contributed by atoms with Gasteiger partial charge in [-0.3, -0.25) is 4.79 Å². The fourth-order valence-corrected chi connectivity index (χ4v) is 1.92. The Morgan fingerprint density at radius 3 is 2.74 bits per heavy atom. The molecule has 0 saturated heterocycles. The fraction of sp³-hybridized carbons (Fsp3) is 0.571. The molecule has 0 aromatic carbocycles. The van der Waals surface area contributed by atoms with Crippen LogP contribution in [-0.2, 0) is 4.74 Å². The van der Waals surface area contributed by atoms with Gasteiger partial charge in [0.05, 0.1) is 0 Å². The molecule has 1 rings (SSSR count). The van der Waals surface area contributed by atoms with E-state index in [9.17, 15) is 4.79 Å². The van der Waals surface area contributed by atoms with Crippen molar-refractivity contribution < 1.29 is 9.53 Å². The number of methoxy groups -OCH3 is 1. The van der Waals surface area contributed by atoms with Crippen LogP contribution in [0.1, 0.15) is 42.2 Å². The number of pyridine rings is 1. The predicted molar refractivity (Wildman–Crippen MR) is 76.8 cm³/mol. The average Bonchev–Trinajstić information content (AvgIpc) is 2.37. The summed E-state index contributed by atoms with van der Waals surface area (Å²) in [5.74, 6) is 0.200. The lowest BCUT2D eigenvalue weighted by atomic mass is 10.1. The Hall–Kier alpha value is -1.13. The van der Waals surface area contributed by atoms with Crippen molar-refractivity contribution in [1.82, 2.24) is 9.88 Å². The van der Waals surface area contributed by atoms with Crippen molar-refractivity contribution in [2.75, 3.05) is 27.3 Å². The number of hydrogen-bond acceptors (Lipinski definition) is 3. The molecule has 0 N–H and O–H groups in total. The summed E-state index contributed by atoms with van der Waals surface area (Å²) in [4.78, 5) is 18.2. The second kappa shape index (κ2) is 7.46. The SMILES string of the molecule is COCCCN(C)C(=O)c1cc(Cl)nc(C(C)C)c1. The first-order chi connectivity index (χ1) is 8.95. The summed E-state index contributed by atoms with van der Waals surface area (Å²) in [6.07, 6.45) is 0.814. The number of carbonyl (C=O) groups is 1. The van der Waals surface area contributed by atoms with Crippen molar-refractivity contribution >= 4 is 17.5 Å². The van der Waals surface area contributed by atoms with Gasteiger partial charge in [-0.2, -0.15) is 0 Å². The standard InChI is InChI=1S/C14H21ClN2O2/c1-10(2)12-8-11(9-13(15)16-12)14(18)17(3)6-5-7-19-4/h8-10H,5-7H2,1-4H3. The fourth-order valence-electron chi connectivity index (χ4n) is 1.70. The van der Waals surface area contributed by atoms with E-state index in [2.05, 4.69) is 4.98 Å². The van der Waals surface area contributed by atoms with E-state index in [1.54, 1.807) is 25.1 Å². The Labute approximate surface area is 119 Å². The number of carbonyl (C=O) groups excluding carboxylic acids is 1. The third kappa shape index (κ3) is 4.80. The average molecular weight is 285 g/mol. The van der Waals surface area contributed by atoms with Gasteiger partial charge in [0, 0.05) is 38.6 Å². The molecule has 1 aromatic heterocycles. The molecule has 0 fully saturated rings. The van der Waals surface area contributed by atoms with Gasteiger partial charge < -0.3 is 9.64 Å². The van der Waals surface area contributed by atoms with Gasteiger partial charge in [0.2, 0.25) is 0 Å². The van der Waals surface area contributed by atoms with Crippen LogP contribution in [0.15, 0.2) is 12.1 Å². The minimum atomic E-state index is -0.0395. The third-order valence-electron chi connectivity index (χ3n) is 2.84. The van der Waals surface area contributed by atoms with E-state index in [4.69, 9.17) is 16.3 Å². The summed E-state index contributed by atoms with van der Waals surface area (Å²) in [7, 11) is 3.43. The van der Waals surface area contributed by atoms with Crippen LogP contribution in [0.3, 0.4) is 0 Å². The van der Waals surface area contributed by atoms with Crippen LogP contribution in [0.4, 0.5) is 0 Å². The first-order valence-corrected chi connectivity index (χ1v) is 6.75. The molecule has 4 nitrogen and oxygen atoms in total. The molecule has 0 saturated carbocycles. The molecule has 0 spiro atoms. The lowest BCUT2D eigenvalue weighted by molar-refractivity contribution is 0.0779. The van der Waals surface area contributed by atoms with Gasteiger partial charge in [0.15, 0.2) is 0 Å². The number of rotatable bonds is 6. The highest BCUT2D eigenvalue weighted by Gasteiger charge is 2.14. The van der Waals surface area contributed by atoms with Crippen LogP contribution in [0, 0.1) is 0 Å². The molecule has 0 radical (unpaired) electrons. The maximum absolute atomic E-state index is 12.3. The zero-order valence-electron chi connectivity index (χ0n) is 11.9. The topological polar surface area (TPSA) is 42.4 Å². The van der Waals surface area contributed by atoms with E-state index in [-0.39, 0.29) is 11.8 Å². The van der Waals surface area contributed by atoms with Crippen LogP contribution in [0.5, 0.6) is 0 Å². The zero-order valence-corrected chi connectivity index (χ0v) is 12.7. The van der Waals surface area contributed by atoms with E-state index < -0.39 is 0 Å². The molecule has 0 atom stereocenters. The van der Waals surface area contributed by atoms with E-state index >= 15 is 0 Å². The van der Waals surface area contributed by atoms with Crippen molar-refractivity contribution in [3.05, 3.63) is 28.5 Å². The first kappa shape index (κ1) is 15.9. The molecule has 106 valence electrons. The number of halogens is 1. The van der Waals surface area contributed by atoms with Crippen LogP contribution in [0.25, 0.3) is 0 Å². The lowest BCUT2D eigenvalue weighted by Crippen LogP contribution is -2.28. The number of nitrogens with zero attached hydrogens (tertiary/aromatic N) is 2. The molecule has 1 amide bonds. The van der Waals surface area contributed by atoms with E-state index in [0.717, 1.165) is 12.1 Å². The van der Waals surface area contributed by atoms with E-state index in [1.807, 2.05) is 19.9 Å². The Morgan fingerprint density at radius 2 is 2.16 bits per heavy atom. The highest BCUT2D eigenvalue weighted by atomic mass is 35.5. The lowest BCUT2D eigenvalue weighted by Gasteiger charge is -2.18. The van der Waals surface area contributed by atoms with Gasteiger partial charge in [-0.1, -0.05) is 25.4 Å². The normalized spacial score (nSPS) is 10.8. The van der Waals surface area contributed by atoms with Crippen LogP contribution in [-0.4, -0.2) is 43.1 Å². The van der Waals surface area contributed by atoms with Gasteiger partial charge in [-0.05, 0) is 24.5 Å². The number of aromatic nitrogens is 1. The third-order valence-corrected chi connectivity index (χ3v) is 3.03. The largest absolute Gasteiger partial charge is 0.385 e. The van der Waals surface area contributed by atoms with Crippen LogP contribution < -0.4 is 0 Å². The minimum absolute atomic E-state index is 0.0395. The summed E-state index contributed by atoms with van der Waals surface area (Å²) >= 11 is 5.97. The summed E-state index contributed by atoms with van der Waals surface area (Å²) in [6.45, 7) is 5.35. The molecule has 0 aliphatic carbocycles.